The number of aromatic hydroxyl groups is 1. The average molecular weight is 328 g/mol. The third-order valence-electron chi connectivity index (χ3n) is 3.26. The van der Waals surface area contributed by atoms with Gasteiger partial charge in [-0.05, 0) is 38.1 Å². The number of carbonyl (C=O) groups is 1. The van der Waals surface area contributed by atoms with Crippen LogP contribution in [0.3, 0.4) is 0 Å². The largest absolute Gasteiger partial charge is 0.507 e. The average Bonchev–Trinajstić information content (AvgIpc) is 2.55. The van der Waals surface area contributed by atoms with E-state index in [-0.39, 0.29) is 11.7 Å². The van der Waals surface area contributed by atoms with Crippen molar-refractivity contribution in [1.82, 2.24) is 5.43 Å². The van der Waals surface area contributed by atoms with Crippen LogP contribution < -0.4 is 5.43 Å². The number of phenolic OH excluding ortho intramolecular Hbond substituents is 1. The molecular formula is C18H20N2O2S. The van der Waals surface area contributed by atoms with Crippen LogP contribution in [0.5, 0.6) is 5.75 Å². The summed E-state index contributed by atoms with van der Waals surface area (Å²) in [5.41, 5.74) is 4.94. The highest BCUT2D eigenvalue weighted by atomic mass is 32.2. The molecule has 0 heterocycles. The molecule has 0 unspecified atom stereocenters. The summed E-state index contributed by atoms with van der Waals surface area (Å²) in [6.07, 6.45) is 0.385. The maximum atomic E-state index is 11.8. The Kier molecular flexibility index (Phi) is 6.23. The Morgan fingerprint density at radius 3 is 2.57 bits per heavy atom. The van der Waals surface area contributed by atoms with Gasteiger partial charge in [-0.3, -0.25) is 4.79 Å². The molecule has 0 saturated heterocycles. The van der Waals surface area contributed by atoms with Crippen molar-refractivity contribution in [2.24, 2.45) is 5.10 Å². The van der Waals surface area contributed by atoms with E-state index in [4.69, 9.17) is 0 Å². The molecule has 2 N–H and O–H groups in total. The van der Waals surface area contributed by atoms with Crippen LogP contribution in [-0.4, -0.2) is 22.5 Å². The summed E-state index contributed by atoms with van der Waals surface area (Å²) in [7, 11) is 0. The van der Waals surface area contributed by atoms with Crippen LogP contribution in [0.15, 0.2) is 58.5 Å². The number of carbonyl (C=O) groups excluding carboxylic acids is 1. The van der Waals surface area contributed by atoms with Crippen LogP contribution >= 0.6 is 11.8 Å². The van der Waals surface area contributed by atoms with Crippen molar-refractivity contribution in [2.45, 2.75) is 25.2 Å². The predicted octanol–water partition coefficient (Wildman–Crippen LogP) is 3.72. The van der Waals surface area contributed by atoms with Crippen molar-refractivity contribution < 1.29 is 9.90 Å². The third kappa shape index (κ3) is 5.45. The Bertz CT molecular complexity index is 696. The molecule has 0 aliphatic carbocycles. The van der Waals surface area contributed by atoms with Crippen LogP contribution in [0.2, 0.25) is 0 Å². The molecule has 0 fully saturated rings. The van der Waals surface area contributed by atoms with Gasteiger partial charge in [-0.1, -0.05) is 29.8 Å². The molecular weight excluding hydrogens is 308 g/mol. The summed E-state index contributed by atoms with van der Waals surface area (Å²) in [5, 5.41) is 13.8. The van der Waals surface area contributed by atoms with Gasteiger partial charge in [0.05, 0.1) is 5.71 Å². The first-order valence-corrected chi connectivity index (χ1v) is 8.36. The topological polar surface area (TPSA) is 61.7 Å². The lowest BCUT2D eigenvalue weighted by Gasteiger charge is -2.05. The highest BCUT2D eigenvalue weighted by Gasteiger charge is 2.05. The number of nitrogens with one attached hydrogen (secondary N) is 1. The lowest BCUT2D eigenvalue weighted by molar-refractivity contribution is -0.120. The van der Waals surface area contributed by atoms with Gasteiger partial charge < -0.3 is 5.11 Å². The van der Waals surface area contributed by atoms with Crippen molar-refractivity contribution in [3.05, 3.63) is 59.7 Å². The smallest absolute Gasteiger partial charge is 0.240 e. The van der Waals surface area contributed by atoms with Gasteiger partial charge in [0.2, 0.25) is 5.91 Å². The third-order valence-corrected chi connectivity index (χ3v) is 4.27. The second-order valence-corrected chi connectivity index (χ2v) is 6.33. The molecule has 0 atom stereocenters. The first-order chi connectivity index (χ1) is 11.1. The molecule has 0 radical (unpaired) electrons. The molecule has 2 aromatic rings. The number of thioether (sulfide) groups is 1. The fourth-order valence-corrected chi connectivity index (χ4v) is 2.79. The van der Waals surface area contributed by atoms with Gasteiger partial charge in [-0.15, -0.1) is 11.8 Å². The molecule has 0 saturated carbocycles. The molecule has 0 aliphatic rings. The maximum Gasteiger partial charge on any atom is 0.240 e. The number of hydrogen-bond acceptors (Lipinski definition) is 4. The van der Waals surface area contributed by atoms with Gasteiger partial charge in [0, 0.05) is 22.6 Å². The van der Waals surface area contributed by atoms with Crippen LogP contribution in [-0.2, 0) is 4.79 Å². The van der Waals surface area contributed by atoms with E-state index in [1.54, 1.807) is 36.9 Å². The SMILES string of the molecule is C/C(=N/NC(=O)CCSc1ccc(C)cc1)c1ccccc1O. The number of amides is 1. The quantitative estimate of drug-likeness (QED) is 0.482. The van der Waals surface area contributed by atoms with Gasteiger partial charge in [-0.2, -0.15) is 5.10 Å². The summed E-state index contributed by atoms with van der Waals surface area (Å²) in [4.78, 5) is 13.0. The molecule has 0 aliphatic heterocycles. The second kappa shape index (κ2) is 8.39. The van der Waals surface area contributed by atoms with Gasteiger partial charge in [0.1, 0.15) is 5.75 Å². The van der Waals surface area contributed by atoms with Crippen molar-refractivity contribution in [1.29, 1.82) is 0 Å². The number of nitrogens with zero attached hydrogens (tertiary/aromatic N) is 1. The number of para-hydroxylation sites is 1. The van der Waals surface area contributed by atoms with E-state index >= 15 is 0 Å². The second-order valence-electron chi connectivity index (χ2n) is 5.16. The van der Waals surface area contributed by atoms with E-state index in [9.17, 15) is 9.90 Å². The standard InChI is InChI=1S/C18H20N2O2S/c1-13-7-9-15(10-8-13)23-12-11-18(22)20-19-14(2)16-5-3-4-6-17(16)21/h3-10,21H,11-12H2,1-2H3,(H,20,22)/b19-14-. The molecule has 2 rings (SSSR count). The van der Waals surface area contributed by atoms with E-state index in [0.29, 0.717) is 23.4 Å². The minimum atomic E-state index is -0.139. The molecule has 0 aromatic heterocycles. The molecule has 120 valence electrons. The van der Waals surface area contributed by atoms with Crippen LogP contribution in [0, 0.1) is 6.92 Å². The minimum absolute atomic E-state index is 0.139. The summed E-state index contributed by atoms with van der Waals surface area (Å²) < 4.78 is 0. The van der Waals surface area contributed by atoms with Gasteiger partial charge in [-0.25, -0.2) is 5.43 Å². The number of rotatable bonds is 6. The first kappa shape index (κ1) is 17.1. The van der Waals surface area contributed by atoms with E-state index in [1.165, 1.54) is 5.56 Å². The monoisotopic (exact) mass is 328 g/mol. The molecule has 1 amide bonds. The number of hydrogen-bond donors (Lipinski definition) is 2. The Morgan fingerprint density at radius 1 is 1.17 bits per heavy atom. The van der Waals surface area contributed by atoms with E-state index in [2.05, 4.69) is 34.8 Å². The Balaban J connectivity index is 1.79. The van der Waals surface area contributed by atoms with Gasteiger partial charge >= 0.3 is 0 Å². The van der Waals surface area contributed by atoms with E-state index < -0.39 is 0 Å². The first-order valence-electron chi connectivity index (χ1n) is 7.37. The Morgan fingerprint density at radius 2 is 1.87 bits per heavy atom. The number of hydrazone groups is 1. The van der Waals surface area contributed by atoms with E-state index in [1.807, 2.05) is 13.0 Å². The fraction of sp³-hybridized carbons (Fsp3) is 0.222. The molecule has 5 heteroatoms. The highest BCUT2D eigenvalue weighted by Crippen LogP contribution is 2.19. The summed E-state index contributed by atoms with van der Waals surface area (Å²) in [6, 6.07) is 15.1. The van der Waals surface area contributed by atoms with Crippen LogP contribution in [0.25, 0.3) is 0 Å². The van der Waals surface area contributed by atoms with Gasteiger partial charge in [0.25, 0.3) is 0 Å². The molecule has 23 heavy (non-hydrogen) atoms. The predicted molar refractivity (Wildman–Crippen MR) is 95.0 cm³/mol. The van der Waals surface area contributed by atoms with Gasteiger partial charge in [0.15, 0.2) is 0 Å². The number of aryl methyl sites for hydroxylation is 1. The van der Waals surface area contributed by atoms with Crippen molar-refractivity contribution in [3.63, 3.8) is 0 Å². The molecule has 0 spiro atoms. The van der Waals surface area contributed by atoms with Crippen molar-refractivity contribution >= 4 is 23.4 Å². The Hall–Kier alpha value is -2.27. The van der Waals surface area contributed by atoms with E-state index in [0.717, 1.165) is 4.90 Å². The lowest BCUT2D eigenvalue weighted by Crippen LogP contribution is -2.19. The fourth-order valence-electron chi connectivity index (χ4n) is 1.94. The number of benzene rings is 2. The lowest BCUT2D eigenvalue weighted by atomic mass is 10.1. The van der Waals surface area contributed by atoms with Crippen LogP contribution in [0.4, 0.5) is 0 Å². The Labute approximate surface area is 140 Å². The molecule has 4 nitrogen and oxygen atoms in total. The summed E-state index contributed by atoms with van der Waals surface area (Å²) in [5.74, 6) is 0.706. The van der Waals surface area contributed by atoms with Crippen molar-refractivity contribution in [3.8, 4) is 5.75 Å². The van der Waals surface area contributed by atoms with Crippen molar-refractivity contribution in [2.75, 3.05) is 5.75 Å². The molecule has 2 aromatic carbocycles. The highest BCUT2D eigenvalue weighted by molar-refractivity contribution is 7.99. The summed E-state index contributed by atoms with van der Waals surface area (Å²) in [6.45, 7) is 3.79. The zero-order valence-electron chi connectivity index (χ0n) is 13.2. The molecule has 0 bridgehead atoms. The summed E-state index contributed by atoms with van der Waals surface area (Å²) >= 11 is 1.64. The zero-order valence-corrected chi connectivity index (χ0v) is 14.1. The van der Waals surface area contributed by atoms with Crippen LogP contribution in [0.1, 0.15) is 24.5 Å². The normalized spacial score (nSPS) is 11.3. The maximum absolute atomic E-state index is 11.8. The number of phenols is 1. The minimum Gasteiger partial charge on any atom is -0.507 e. The zero-order chi connectivity index (χ0) is 16.7.